The number of imide groups is 1. The number of allylic oxidation sites excluding steroid dienone is 1. The first-order chi connectivity index (χ1) is 15.5. The monoisotopic (exact) mass is 438 g/mol. The summed E-state index contributed by atoms with van der Waals surface area (Å²) in [6.45, 7) is 7.52. The molecule has 0 spiro atoms. The summed E-state index contributed by atoms with van der Waals surface area (Å²) in [5.74, 6) is 0.593. The normalized spacial score (nSPS) is 25.8. The number of likely N-dealkylation sites (N-methyl/N-ethyl adjacent to an activating group) is 1. The van der Waals surface area contributed by atoms with Crippen LogP contribution in [0.5, 0.6) is 0 Å². The summed E-state index contributed by atoms with van der Waals surface area (Å²) in [5, 5.41) is 0. The zero-order valence-corrected chi connectivity index (χ0v) is 18.7. The lowest BCUT2D eigenvalue weighted by atomic mass is 10.1. The highest BCUT2D eigenvalue weighted by Crippen LogP contribution is 2.33. The van der Waals surface area contributed by atoms with Crippen molar-refractivity contribution < 1.29 is 14.3 Å². The summed E-state index contributed by atoms with van der Waals surface area (Å²) in [4.78, 5) is 40.8. The van der Waals surface area contributed by atoms with E-state index in [-0.39, 0.29) is 11.9 Å². The van der Waals surface area contributed by atoms with Crippen molar-refractivity contribution in [3.05, 3.63) is 47.8 Å². The van der Waals surface area contributed by atoms with Gasteiger partial charge in [0.1, 0.15) is 0 Å². The zero-order chi connectivity index (χ0) is 22.2. The number of hydrogen-bond donors (Lipinski definition) is 0. The van der Waals surface area contributed by atoms with Crippen LogP contribution in [0.1, 0.15) is 12.5 Å². The molecule has 4 aliphatic heterocycles. The number of ether oxygens (including phenoxy) is 1. The molecule has 2 saturated heterocycles. The Hall–Kier alpha value is -2.91. The molecule has 2 fully saturated rings. The van der Waals surface area contributed by atoms with Crippen LogP contribution < -0.4 is 0 Å². The summed E-state index contributed by atoms with van der Waals surface area (Å²) in [7, 11) is 1.74. The molecule has 1 aromatic carbocycles. The highest BCUT2D eigenvalue weighted by atomic mass is 16.5. The maximum absolute atomic E-state index is 13.4. The van der Waals surface area contributed by atoms with Crippen LogP contribution in [-0.4, -0.2) is 108 Å². The van der Waals surface area contributed by atoms with E-state index in [0.29, 0.717) is 13.0 Å². The second-order valence-corrected chi connectivity index (χ2v) is 8.69. The van der Waals surface area contributed by atoms with E-state index in [9.17, 15) is 9.59 Å². The summed E-state index contributed by atoms with van der Waals surface area (Å²) in [6.07, 6.45) is 2.14. The lowest BCUT2D eigenvalue weighted by Gasteiger charge is -2.40. The summed E-state index contributed by atoms with van der Waals surface area (Å²) >= 11 is 0. The van der Waals surface area contributed by atoms with Crippen molar-refractivity contribution in [1.29, 1.82) is 0 Å². The van der Waals surface area contributed by atoms with Crippen LogP contribution in [0.2, 0.25) is 0 Å². The predicted molar refractivity (Wildman–Crippen MR) is 120 cm³/mol. The van der Waals surface area contributed by atoms with Crippen LogP contribution in [-0.2, 0) is 16.0 Å². The topological polar surface area (TPSA) is 71.9 Å². The Morgan fingerprint density at radius 3 is 2.53 bits per heavy atom. The third-order valence-corrected chi connectivity index (χ3v) is 6.71. The fraction of sp³-hybridized carbons (Fsp3) is 0.522. The summed E-state index contributed by atoms with van der Waals surface area (Å²) < 4.78 is 5.44. The van der Waals surface area contributed by atoms with Crippen LogP contribution in [0.4, 0.5) is 4.79 Å². The quantitative estimate of drug-likeness (QED) is 0.660. The van der Waals surface area contributed by atoms with Crippen molar-refractivity contribution in [2.24, 2.45) is 4.99 Å². The minimum absolute atomic E-state index is 0.174. The third kappa shape index (κ3) is 3.65. The van der Waals surface area contributed by atoms with E-state index in [1.807, 2.05) is 48.4 Å². The molecule has 4 aliphatic rings. The summed E-state index contributed by atoms with van der Waals surface area (Å²) in [5.41, 5.74) is 2.17. The Labute approximate surface area is 188 Å². The van der Waals surface area contributed by atoms with Crippen LogP contribution in [0.15, 0.2) is 47.2 Å². The fourth-order valence-corrected chi connectivity index (χ4v) is 4.84. The second kappa shape index (κ2) is 8.55. The van der Waals surface area contributed by atoms with Gasteiger partial charge in [-0.2, -0.15) is 0 Å². The minimum Gasteiger partial charge on any atom is -0.379 e. The maximum Gasteiger partial charge on any atom is 0.328 e. The van der Waals surface area contributed by atoms with E-state index in [2.05, 4.69) is 9.80 Å². The molecule has 0 radical (unpaired) electrons. The van der Waals surface area contributed by atoms with E-state index in [4.69, 9.17) is 9.73 Å². The molecule has 0 saturated carbocycles. The number of aliphatic imine (C=N–C) groups is 1. The Balaban J connectivity index is 1.30. The van der Waals surface area contributed by atoms with Crippen LogP contribution in [0, 0.1) is 0 Å². The molecular formula is C23H30N6O3. The molecule has 5 rings (SSSR count). The van der Waals surface area contributed by atoms with Crippen molar-refractivity contribution >= 4 is 17.9 Å². The average Bonchev–Trinajstić information content (AvgIpc) is 3.32. The van der Waals surface area contributed by atoms with Crippen LogP contribution in [0.25, 0.3) is 0 Å². The second-order valence-electron chi connectivity index (χ2n) is 8.69. The maximum atomic E-state index is 13.4. The number of amides is 3. The van der Waals surface area contributed by atoms with Gasteiger partial charge in [-0.05, 0) is 18.9 Å². The molecule has 9 heteroatoms. The number of morpholine rings is 1. The fourth-order valence-electron chi connectivity index (χ4n) is 4.84. The Bertz CT molecular complexity index is 942. The van der Waals surface area contributed by atoms with Gasteiger partial charge in [0.15, 0.2) is 12.2 Å². The average molecular weight is 439 g/mol. The molecule has 0 N–H and O–H groups in total. The highest BCUT2D eigenvalue weighted by molar-refractivity contribution is 6.04. The van der Waals surface area contributed by atoms with Gasteiger partial charge in [-0.3, -0.25) is 14.6 Å². The summed E-state index contributed by atoms with van der Waals surface area (Å²) in [6, 6.07) is 9.14. The van der Waals surface area contributed by atoms with E-state index in [1.54, 1.807) is 11.9 Å². The van der Waals surface area contributed by atoms with E-state index < -0.39 is 12.2 Å². The smallest absolute Gasteiger partial charge is 0.328 e. The van der Waals surface area contributed by atoms with Crippen molar-refractivity contribution in [1.82, 2.24) is 24.5 Å². The zero-order valence-electron chi connectivity index (χ0n) is 18.7. The molecule has 0 aliphatic carbocycles. The first-order valence-corrected chi connectivity index (χ1v) is 11.3. The number of carbonyl (C=O) groups is 2. The van der Waals surface area contributed by atoms with E-state index in [0.717, 1.165) is 56.6 Å². The van der Waals surface area contributed by atoms with Crippen LogP contribution in [0.3, 0.4) is 0 Å². The molecule has 9 nitrogen and oxygen atoms in total. The van der Waals surface area contributed by atoms with Crippen LogP contribution >= 0.6 is 0 Å². The lowest BCUT2D eigenvalue weighted by molar-refractivity contribution is -0.136. The largest absolute Gasteiger partial charge is 0.379 e. The Kier molecular flexibility index (Phi) is 5.60. The Morgan fingerprint density at radius 2 is 1.78 bits per heavy atom. The number of urea groups is 1. The van der Waals surface area contributed by atoms with Gasteiger partial charge < -0.3 is 19.4 Å². The molecular weight excluding hydrogens is 408 g/mol. The number of carbonyl (C=O) groups excluding carboxylic acids is 2. The van der Waals surface area contributed by atoms with Crippen molar-refractivity contribution in [3.8, 4) is 0 Å². The Morgan fingerprint density at radius 1 is 1.03 bits per heavy atom. The number of fused-ring (bicyclic) bond motifs is 3. The molecule has 4 heterocycles. The molecule has 170 valence electrons. The molecule has 1 aromatic rings. The first kappa shape index (κ1) is 21.0. The molecule has 32 heavy (non-hydrogen) atoms. The van der Waals surface area contributed by atoms with Gasteiger partial charge in [-0.15, -0.1) is 0 Å². The van der Waals surface area contributed by atoms with Gasteiger partial charge in [0.2, 0.25) is 5.96 Å². The number of benzene rings is 1. The third-order valence-electron chi connectivity index (χ3n) is 6.71. The van der Waals surface area contributed by atoms with Crippen molar-refractivity contribution in [3.63, 3.8) is 0 Å². The van der Waals surface area contributed by atoms with Crippen molar-refractivity contribution in [2.75, 3.05) is 53.0 Å². The minimum atomic E-state index is -0.508. The molecule has 3 amide bonds. The van der Waals surface area contributed by atoms with Gasteiger partial charge >= 0.3 is 6.03 Å². The molecule has 0 bridgehead atoms. The number of hydrogen-bond acceptors (Lipinski definition) is 7. The van der Waals surface area contributed by atoms with Crippen molar-refractivity contribution in [2.45, 2.75) is 25.6 Å². The van der Waals surface area contributed by atoms with Gasteiger partial charge in [0, 0.05) is 51.7 Å². The number of nitrogens with zero attached hydrogens (tertiary/aromatic N) is 6. The number of rotatable bonds is 6. The van der Waals surface area contributed by atoms with Gasteiger partial charge in [0.25, 0.3) is 5.91 Å². The SMILES string of the molecule is CC1=CN2C(=NC3C2C(=O)N(CCc2ccccc2)C(=O)N3C)N1CCN1CCOCC1. The highest BCUT2D eigenvalue weighted by Gasteiger charge is 2.54. The predicted octanol–water partition coefficient (Wildman–Crippen LogP) is 0.999. The van der Waals surface area contributed by atoms with Gasteiger partial charge in [-0.25, -0.2) is 9.79 Å². The molecule has 0 aromatic heterocycles. The van der Waals surface area contributed by atoms with Gasteiger partial charge in [-0.1, -0.05) is 30.3 Å². The van der Waals surface area contributed by atoms with E-state index in [1.165, 1.54) is 4.90 Å². The van der Waals surface area contributed by atoms with Gasteiger partial charge in [0.05, 0.1) is 13.2 Å². The lowest BCUT2D eigenvalue weighted by Crippen LogP contribution is -2.64. The molecule has 2 atom stereocenters. The number of guanidine groups is 1. The van der Waals surface area contributed by atoms with E-state index >= 15 is 0 Å². The standard InChI is InChI=1S/C23H30N6O3/c1-17-16-29-19-20(24-22(29)27(17)11-10-26-12-14-32-15-13-26)25(2)23(31)28(21(19)30)9-8-18-6-4-3-5-7-18/h3-7,16,19-20H,8-15H2,1-2H3. The molecule has 2 unspecified atom stereocenters. The first-order valence-electron chi connectivity index (χ1n) is 11.3.